The molecule has 8 heteroatoms. The lowest BCUT2D eigenvalue weighted by Gasteiger charge is -2.19. The summed E-state index contributed by atoms with van der Waals surface area (Å²) in [6.07, 6.45) is -1.76. The normalized spacial score (nSPS) is 20.5. The minimum absolute atomic E-state index is 0.0218. The Morgan fingerprint density at radius 1 is 1.35 bits per heavy atom. The van der Waals surface area contributed by atoms with Gasteiger partial charge in [-0.15, -0.1) is 0 Å². The van der Waals surface area contributed by atoms with E-state index in [-0.39, 0.29) is 23.1 Å². The quantitative estimate of drug-likeness (QED) is 0.821. The number of benzene rings is 1. The van der Waals surface area contributed by atoms with Crippen molar-refractivity contribution in [2.24, 2.45) is 0 Å². The molecule has 1 aliphatic heterocycles. The first-order chi connectivity index (χ1) is 13.5. The Balaban J connectivity index is 1.74. The van der Waals surface area contributed by atoms with Gasteiger partial charge in [0.1, 0.15) is 5.82 Å². The summed E-state index contributed by atoms with van der Waals surface area (Å²) in [5.74, 6) is -0.762. The fourth-order valence-electron chi connectivity index (χ4n) is 2.98. The molecule has 26 heavy (non-hydrogen) atoms. The zero-order valence-corrected chi connectivity index (χ0v) is 14.1. The van der Waals surface area contributed by atoms with Crippen LogP contribution in [0.15, 0.2) is 24.4 Å². The minimum Gasteiger partial charge on any atom is -0.353 e. The molecular weight excluding hydrogens is 348 g/mol. The van der Waals surface area contributed by atoms with E-state index in [0.29, 0.717) is 24.8 Å². The zero-order chi connectivity index (χ0) is 21.4. The standard InChI is InChI=1S/C18H20F4N4/c1-11-15(14-6-5-12(8-16(14)19)18(20,21)22)10-24-17(25-11)23-9-13-4-3-7-26(13)2/h5-6,8,10,13H,3-4,7,9H2,1-2H3,(H,23,24,25)/i2D3. The van der Waals surface area contributed by atoms with E-state index in [1.54, 1.807) is 6.92 Å². The third-order valence-electron chi connectivity index (χ3n) is 4.44. The number of anilines is 1. The van der Waals surface area contributed by atoms with Crippen LogP contribution in [0.4, 0.5) is 23.5 Å². The monoisotopic (exact) mass is 371 g/mol. The Morgan fingerprint density at radius 2 is 2.15 bits per heavy atom. The number of aryl methyl sites for hydroxylation is 1. The van der Waals surface area contributed by atoms with Crippen molar-refractivity contribution >= 4 is 5.95 Å². The molecule has 0 amide bonds. The minimum atomic E-state index is -4.62. The third kappa shape index (κ3) is 3.95. The number of aromatic nitrogens is 2. The largest absolute Gasteiger partial charge is 0.416 e. The van der Waals surface area contributed by atoms with Gasteiger partial charge >= 0.3 is 6.18 Å². The SMILES string of the molecule is [2H]C([2H])([2H])N1CCCC1CNc1ncc(-c2ccc(C(F)(F)F)cc2F)c(C)n1. The van der Waals surface area contributed by atoms with E-state index >= 15 is 0 Å². The summed E-state index contributed by atoms with van der Waals surface area (Å²) in [5.41, 5.74) is -0.413. The van der Waals surface area contributed by atoms with Crippen LogP contribution in [0.3, 0.4) is 0 Å². The molecule has 1 aliphatic rings. The van der Waals surface area contributed by atoms with Crippen molar-refractivity contribution in [2.75, 3.05) is 25.4 Å². The maximum Gasteiger partial charge on any atom is 0.416 e. The first-order valence-corrected chi connectivity index (χ1v) is 8.18. The molecule has 3 rings (SSSR count). The third-order valence-corrected chi connectivity index (χ3v) is 4.44. The van der Waals surface area contributed by atoms with Gasteiger partial charge in [0.25, 0.3) is 0 Å². The predicted molar refractivity (Wildman–Crippen MR) is 91.3 cm³/mol. The van der Waals surface area contributed by atoms with E-state index in [4.69, 9.17) is 4.11 Å². The predicted octanol–water partition coefficient (Wildman–Crippen LogP) is 4.12. The van der Waals surface area contributed by atoms with Gasteiger partial charge in [-0.1, -0.05) is 6.07 Å². The summed E-state index contributed by atoms with van der Waals surface area (Å²) in [5, 5.41) is 3.00. The summed E-state index contributed by atoms with van der Waals surface area (Å²) < 4.78 is 75.1. The lowest BCUT2D eigenvalue weighted by molar-refractivity contribution is -0.137. The number of hydrogen-bond donors (Lipinski definition) is 1. The summed E-state index contributed by atoms with van der Waals surface area (Å²) in [7, 11) is 0. The van der Waals surface area contributed by atoms with E-state index in [0.717, 1.165) is 25.0 Å². The average Bonchev–Trinajstić information content (AvgIpc) is 3.09. The Morgan fingerprint density at radius 3 is 2.81 bits per heavy atom. The molecule has 1 aromatic carbocycles. The Bertz CT molecular complexity index is 886. The summed E-state index contributed by atoms with van der Waals surface area (Å²) in [6.45, 7) is 0.272. The number of alkyl halides is 3. The first-order valence-electron chi connectivity index (χ1n) is 9.68. The van der Waals surface area contributed by atoms with Gasteiger partial charge in [-0.05, 0) is 45.4 Å². The van der Waals surface area contributed by atoms with E-state index < -0.39 is 24.5 Å². The molecule has 1 aromatic heterocycles. The van der Waals surface area contributed by atoms with Crippen molar-refractivity contribution in [1.82, 2.24) is 14.9 Å². The first kappa shape index (κ1) is 14.9. The fraction of sp³-hybridized carbons (Fsp3) is 0.444. The zero-order valence-electron chi connectivity index (χ0n) is 17.1. The molecule has 0 bridgehead atoms. The van der Waals surface area contributed by atoms with Gasteiger partial charge in [-0.25, -0.2) is 14.4 Å². The summed E-state index contributed by atoms with van der Waals surface area (Å²) in [6, 6.07) is 2.14. The van der Waals surface area contributed by atoms with Crippen LogP contribution in [0.1, 0.15) is 28.2 Å². The van der Waals surface area contributed by atoms with Crippen molar-refractivity contribution in [3.8, 4) is 11.1 Å². The lowest BCUT2D eigenvalue weighted by atomic mass is 10.0. The average molecular weight is 371 g/mol. The van der Waals surface area contributed by atoms with Crippen molar-refractivity contribution in [2.45, 2.75) is 32.0 Å². The number of likely N-dealkylation sites (N-methyl/N-ethyl adjacent to an activating group) is 1. The van der Waals surface area contributed by atoms with Crippen LogP contribution in [0.25, 0.3) is 11.1 Å². The Hall–Kier alpha value is -2.22. The number of hydrogen-bond acceptors (Lipinski definition) is 4. The second kappa shape index (κ2) is 7.19. The highest BCUT2D eigenvalue weighted by Crippen LogP contribution is 2.33. The molecule has 1 fully saturated rings. The summed E-state index contributed by atoms with van der Waals surface area (Å²) in [4.78, 5) is 9.80. The second-order valence-corrected chi connectivity index (χ2v) is 6.26. The highest BCUT2D eigenvalue weighted by atomic mass is 19.4. The van der Waals surface area contributed by atoms with E-state index in [1.165, 1.54) is 11.1 Å². The molecule has 0 spiro atoms. The van der Waals surface area contributed by atoms with Crippen LogP contribution >= 0.6 is 0 Å². The smallest absolute Gasteiger partial charge is 0.353 e. The van der Waals surface area contributed by atoms with Gasteiger partial charge < -0.3 is 10.2 Å². The maximum atomic E-state index is 14.2. The van der Waals surface area contributed by atoms with Crippen molar-refractivity contribution < 1.29 is 21.7 Å². The van der Waals surface area contributed by atoms with Crippen LogP contribution in [-0.4, -0.2) is 41.0 Å². The van der Waals surface area contributed by atoms with E-state index in [2.05, 4.69) is 15.3 Å². The molecule has 0 radical (unpaired) electrons. The van der Waals surface area contributed by atoms with Gasteiger partial charge in [-0.2, -0.15) is 13.2 Å². The van der Waals surface area contributed by atoms with Gasteiger partial charge in [0, 0.05) is 34.0 Å². The maximum absolute atomic E-state index is 14.2. The number of rotatable bonds is 4. The molecule has 1 N–H and O–H groups in total. The fourth-order valence-corrected chi connectivity index (χ4v) is 2.98. The second-order valence-electron chi connectivity index (χ2n) is 6.26. The van der Waals surface area contributed by atoms with Crippen LogP contribution in [0.2, 0.25) is 0 Å². The lowest BCUT2D eigenvalue weighted by Crippen LogP contribution is -2.32. The highest BCUT2D eigenvalue weighted by Gasteiger charge is 2.31. The molecule has 0 aliphatic carbocycles. The molecule has 1 atom stereocenters. The van der Waals surface area contributed by atoms with Crippen molar-refractivity contribution in [3.63, 3.8) is 0 Å². The Labute approximate surface area is 153 Å². The number of nitrogens with one attached hydrogen (secondary N) is 1. The van der Waals surface area contributed by atoms with Crippen LogP contribution in [-0.2, 0) is 6.18 Å². The van der Waals surface area contributed by atoms with Crippen molar-refractivity contribution in [3.05, 3.63) is 41.5 Å². The number of likely N-dealkylation sites (tertiary alicyclic amines) is 1. The van der Waals surface area contributed by atoms with E-state index in [9.17, 15) is 17.6 Å². The topological polar surface area (TPSA) is 41.0 Å². The van der Waals surface area contributed by atoms with Crippen LogP contribution in [0, 0.1) is 12.7 Å². The van der Waals surface area contributed by atoms with E-state index in [1.807, 2.05) is 0 Å². The van der Waals surface area contributed by atoms with Crippen LogP contribution in [0.5, 0.6) is 0 Å². The van der Waals surface area contributed by atoms with Crippen LogP contribution < -0.4 is 5.32 Å². The summed E-state index contributed by atoms with van der Waals surface area (Å²) >= 11 is 0. The Kier molecular flexibility index (Phi) is 4.12. The molecule has 4 nitrogen and oxygen atoms in total. The highest BCUT2D eigenvalue weighted by molar-refractivity contribution is 5.66. The number of nitrogens with zero attached hydrogens (tertiary/aromatic N) is 3. The molecular formula is C18H20F4N4. The number of halogens is 4. The van der Waals surface area contributed by atoms with Gasteiger partial charge in [0.2, 0.25) is 5.95 Å². The molecule has 1 saturated heterocycles. The molecule has 0 saturated carbocycles. The molecule has 2 heterocycles. The van der Waals surface area contributed by atoms with Gasteiger partial charge in [0.15, 0.2) is 0 Å². The van der Waals surface area contributed by atoms with Gasteiger partial charge in [0.05, 0.1) is 11.3 Å². The van der Waals surface area contributed by atoms with Crippen molar-refractivity contribution in [1.29, 1.82) is 0 Å². The molecule has 140 valence electrons. The molecule has 2 aromatic rings. The molecule has 1 unspecified atom stereocenters. The van der Waals surface area contributed by atoms with Gasteiger partial charge in [-0.3, -0.25) is 0 Å².